The van der Waals surface area contributed by atoms with E-state index in [0.717, 1.165) is 17.6 Å². The third-order valence-electron chi connectivity index (χ3n) is 3.81. The molecular formula is C19H20N2O4S. The summed E-state index contributed by atoms with van der Waals surface area (Å²) in [5.74, 6) is 0.368. The Hall–Kier alpha value is -2.67. The van der Waals surface area contributed by atoms with E-state index in [1.165, 1.54) is 11.3 Å². The minimum Gasteiger partial charge on any atom is -0.491 e. The number of ether oxygens (including phenoxy) is 2. The molecule has 0 bridgehead atoms. The number of rotatable bonds is 6. The molecule has 0 unspecified atom stereocenters. The van der Waals surface area contributed by atoms with Crippen molar-refractivity contribution in [2.75, 3.05) is 6.61 Å². The zero-order valence-electron chi connectivity index (χ0n) is 15.1. The molecule has 3 rings (SSSR count). The first-order valence-corrected chi connectivity index (χ1v) is 9.19. The summed E-state index contributed by atoms with van der Waals surface area (Å²) in [5, 5.41) is 0. The molecule has 0 atom stereocenters. The van der Waals surface area contributed by atoms with Crippen LogP contribution in [-0.2, 0) is 4.74 Å². The molecule has 7 heteroatoms. The van der Waals surface area contributed by atoms with Gasteiger partial charge in [-0.25, -0.2) is 9.78 Å². The molecule has 0 aliphatic carbocycles. The Morgan fingerprint density at radius 1 is 1.31 bits per heavy atom. The van der Waals surface area contributed by atoms with Gasteiger partial charge in [0.2, 0.25) is 0 Å². The molecule has 0 aliphatic heterocycles. The largest absolute Gasteiger partial charge is 0.491 e. The average molecular weight is 372 g/mol. The maximum absolute atomic E-state index is 12.1. The van der Waals surface area contributed by atoms with E-state index in [1.54, 1.807) is 18.2 Å². The Morgan fingerprint density at radius 3 is 2.58 bits per heavy atom. The highest BCUT2D eigenvalue weighted by atomic mass is 32.1. The van der Waals surface area contributed by atoms with Gasteiger partial charge in [-0.3, -0.25) is 9.20 Å². The van der Waals surface area contributed by atoms with Crippen molar-refractivity contribution in [3.8, 4) is 17.0 Å². The normalized spacial score (nSPS) is 11.1. The van der Waals surface area contributed by atoms with Gasteiger partial charge in [-0.1, -0.05) is 11.3 Å². The van der Waals surface area contributed by atoms with Crippen LogP contribution in [0.25, 0.3) is 16.2 Å². The van der Waals surface area contributed by atoms with Crippen molar-refractivity contribution in [1.82, 2.24) is 9.38 Å². The van der Waals surface area contributed by atoms with Crippen LogP contribution in [-0.4, -0.2) is 34.4 Å². The van der Waals surface area contributed by atoms with Gasteiger partial charge in [0.25, 0.3) is 0 Å². The Kier molecular flexibility index (Phi) is 5.08. The van der Waals surface area contributed by atoms with Crippen LogP contribution < -0.4 is 4.74 Å². The van der Waals surface area contributed by atoms with Crippen LogP contribution in [0.1, 0.15) is 46.6 Å². The van der Waals surface area contributed by atoms with Crippen LogP contribution in [0, 0.1) is 6.92 Å². The van der Waals surface area contributed by atoms with Gasteiger partial charge in [-0.2, -0.15) is 0 Å². The predicted molar refractivity (Wildman–Crippen MR) is 100 cm³/mol. The number of hydrogen-bond donors (Lipinski definition) is 0. The van der Waals surface area contributed by atoms with E-state index in [2.05, 4.69) is 4.98 Å². The van der Waals surface area contributed by atoms with E-state index in [4.69, 9.17) is 9.47 Å². The molecule has 0 amide bonds. The number of aromatic nitrogens is 2. The topological polar surface area (TPSA) is 69.9 Å². The third-order valence-corrected chi connectivity index (χ3v) is 4.93. The zero-order chi connectivity index (χ0) is 18.8. The van der Waals surface area contributed by atoms with E-state index < -0.39 is 5.97 Å². The minimum absolute atomic E-state index is 0.0910. The summed E-state index contributed by atoms with van der Waals surface area (Å²) in [6.45, 7) is 7.77. The summed E-state index contributed by atoms with van der Waals surface area (Å²) in [6.07, 6.45) is 0.857. The molecule has 2 aromatic heterocycles. The van der Waals surface area contributed by atoms with Crippen molar-refractivity contribution in [3.05, 3.63) is 40.5 Å². The number of aryl methyl sites for hydroxylation is 1. The van der Waals surface area contributed by atoms with Gasteiger partial charge in [-0.05, 0) is 52.0 Å². The smallest absolute Gasteiger partial charge is 0.350 e. The lowest BCUT2D eigenvalue weighted by Crippen LogP contribution is -2.05. The summed E-state index contributed by atoms with van der Waals surface area (Å²) in [6, 6.07) is 7.46. The minimum atomic E-state index is -0.394. The molecule has 1 aromatic carbocycles. The Labute approximate surface area is 155 Å². The van der Waals surface area contributed by atoms with E-state index in [1.807, 2.05) is 38.1 Å². The number of nitrogens with zero attached hydrogens (tertiary/aromatic N) is 2. The van der Waals surface area contributed by atoms with Gasteiger partial charge in [0, 0.05) is 11.3 Å². The lowest BCUT2D eigenvalue weighted by atomic mass is 10.1. The highest BCUT2D eigenvalue weighted by Gasteiger charge is 2.23. The molecule has 136 valence electrons. The van der Waals surface area contributed by atoms with Gasteiger partial charge in [0.05, 0.1) is 12.7 Å². The van der Waals surface area contributed by atoms with Gasteiger partial charge in [0.1, 0.15) is 22.0 Å². The van der Waals surface area contributed by atoms with Crippen molar-refractivity contribution < 1.29 is 19.1 Å². The summed E-state index contributed by atoms with van der Waals surface area (Å²) in [7, 11) is 0. The number of carbonyl (C=O) groups is 2. The summed E-state index contributed by atoms with van der Waals surface area (Å²) in [4.78, 5) is 29.4. The molecule has 0 fully saturated rings. The first-order chi connectivity index (χ1) is 12.5. The van der Waals surface area contributed by atoms with Gasteiger partial charge in [0.15, 0.2) is 11.2 Å². The van der Waals surface area contributed by atoms with E-state index >= 15 is 0 Å². The third kappa shape index (κ3) is 3.22. The predicted octanol–water partition coefficient (Wildman–Crippen LogP) is 4.15. The van der Waals surface area contributed by atoms with Crippen molar-refractivity contribution in [2.45, 2.75) is 33.8 Å². The molecule has 0 radical (unpaired) electrons. The monoisotopic (exact) mass is 372 g/mol. The molecule has 2 heterocycles. The number of esters is 1. The Balaban J connectivity index is 2.05. The molecule has 0 spiro atoms. The van der Waals surface area contributed by atoms with Crippen LogP contribution in [0.3, 0.4) is 0 Å². The second-order valence-electron chi connectivity index (χ2n) is 6.01. The van der Waals surface area contributed by atoms with Crippen LogP contribution in [0.5, 0.6) is 5.75 Å². The molecule has 3 aromatic rings. The fourth-order valence-electron chi connectivity index (χ4n) is 2.74. The second-order valence-corrected chi connectivity index (χ2v) is 6.99. The molecule has 0 saturated heterocycles. The quantitative estimate of drug-likeness (QED) is 0.480. The number of carbonyl (C=O) groups excluding carboxylic acids is 2. The van der Waals surface area contributed by atoms with E-state index in [-0.39, 0.29) is 6.10 Å². The molecule has 0 saturated carbocycles. The van der Waals surface area contributed by atoms with Crippen LogP contribution in [0.2, 0.25) is 0 Å². The van der Waals surface area contributed by atoms with Crippen molar-refractivity contribution >= 4 is 28.6 Å². The number of hydrogen-bond acceptors (Lipinski definition) is 6. The highest BCUT2D eigenvalue weighted by Crippen LogP contribution is 2.31. The number of aldehydes is 1. The number of benzene rings is 1. The number of thiazole rings is 1. The molecular weight excluding hydrogens is 352 g/mol. The number of fused-ring (bicyclic) bond motifs is 1. The van der Waals surface area contributed by atoms with E-state index in [9.17, 15) is 9.59 Å². The lowest BCUT2D eigenvalue weighted by molar-refractivity contribution is 0.0530. The second kappa shape index (κ2) is 7.29. The van der Waals surface area contributed by atoms with Crippen LogP contribution in [0.4, 0.5) is 0 Å². The fourth-order valence-corrected chi connectivity index (χ4v) is 3.77. The average Bonchev–Trinajstić information content (AvgIpc) is 3.12. The molecule has 26 heavy (non-hydrogen) atoms. The summed E-state index contributed by atoms with van der Waals surface area (Å²) < 4.78 is 12.4. The summed E-state index contributed by atoms with van der Waals surface area (Å²) >= 11 is 1.22. The van der Waals surface area contributed by atoms with Crippen LogP contribution >= 0.6 is 11.3 Å². The maximum Gasteiger partial charge on any atom is 0.350 e. The Morgan fingerprint density at radius 2 is 2.00 bits per heavy atom. The van der Waals surface area contributed by atoms with Crippen molar-refractivity contribution in [2.24, 2.45) is 0 Å². The van der Waals surface area contributed by atoms with Gasteiger partial charge in [-0.15, -0.1) is 0 Å². The molecule has 0 N–H and O–H groups in total. The maximum atomic E-state index is 12.1. The van der Waals surface area contributed by atoms with Gasteiger partial charge < -0.3 is 9.47 Å². The van der Waals surface area contributed by atoms with Crippen molar-refractivity contribution in [1.29, 1.82) is 0 Å². The Bertz CT molecular complexity index is 954. The fraction of sp³-hybridized carbons (Fsp3) is 0.316. The van der Waals surface area contributed by atoms with Crippen LogP contribution in [0.15, 0.2) is 24.3 Å². The first kappa shape index (κ1) is 18.1. The highest BCUT2D eigenvalue weighted by molar-refractivity contribution is 7.19. The zero-order valence-corrected chi connectivity index (χ0v) is 15.9. The van der Waals surface area contributed by atoms with Gasteiger partial charge >= 0.3 is 5.97 Å². The number of imidazole rings is 1. The molecule has 6 nitrogen and oxygen atoms in total. The first-order valence-electron chi connectivity index (χ1n) is 8.37. The summed E-state index contributed by atoms with van der Waals surface area (Å²) in [5.41, 5.74) is 2.47. The van der Waals surface area contributed by atoms with E-state index in [0.29, 0.717) is 33.5 Å². The SMILES string of the molecule is CCOC(=O)c1sc2nc(-c3ccc(OC(C)C)cc3)c(C=O)n2c1C. The standard InChI is InChI=1S/C19H20N2O4S/c1-5-24-18(23)17-12(4)21-15(10-22)16(20-19(21)26-17)13-6-8-14(9-7-13)25-11(2)3/h6-11H,5H2,1-4H3. The lowest BCUT2D eigenvalue weighted by Gasteiger charge is -2.09. The van der Waals surface area contributed by atoms with Crippen molar-refractivity contribution in [3.63, 3.8) is 0 Å². The molecule has 0 aliphatic rings.